The van der Waals surface area contributed by atoms with Crippen LogP contribution in [-0.4, -0.2) is 35.3 Å². The lowest BCUT2D eigenvalue weighted by Gasteiger charge is -2.09. The molecule has 0 unspecified atom stereocenters. The SMILES string of the molecule is CCN1C(=O)C(=Cc2ccc3sc4ccccc4c3c2)N(C)C1=O. The molecule has 24 heavy (non-hydrogen) atoms. The maximum atomic E-state index is 12.4. The fraction of sp³-hybridized carbons (Fsp3) is 0.158. The second-order valence-corrected chi connectivity index (χ2v) is 6.86. The average Bonchev–Trinajstić information content (AvgIpc) is 3.05. The molecule has 1 aromatic heterocycles. The summed E-state index contributed by atoms with van der Waals surface area (Å²) in [4.78, 5) is 27.1. The van der Waals surface area contributed by atoms with Crippen LogP contribution in [0.15, 0.2) is 48.2 Å². The van der Waals surface area contributed by atoms with Gasteiger partial charge in [-0.2, -0.15) is 0 Å². The van der Waals surface area contributed by atoms with Crippen LogP contribution in [0.1, 0.15) is 12.5 Å². The van der Waals surface area contributed by atoms with Crippen molar-refractivity contribution >= 4 is 49.5 Å². The molecule has 2 aromatic carbocycles. The van der Waals surface area contributed by atoms with Crippen molar-refractivity contribution in [2.75, 3.05) is 13.6 Å². The number of carbonyl (C=O) groups excluding carboxylic acids is 2. The Hall–Kier alpha value is -2.66. The zero-order valence-corrected chi connectivity index (χ0v) is 14.3. The molecular weight excluding hydrogens is 320 g/mol. The second kappa shape index (κ2) is 5.46. The predicted octanol–water partition coefficient (Wildman–Crippen LogP) is 4.31. The van der Waals surface area contributed by atoms with E-state index in [0.29, 0.717) is 12.2 Å². The number of carbonyl (C=O) groups is 2. The number of hydrogen-bond acceptors (Lipinski definition) is 3. The molecule has 0 saturated carbocycles. The van der Waals surface area contributed by atoms with E-state index >= 15 is 0 Å². The summed E-state index contributed by atoms with van der Waals surface area (Å²) in [5.74, 6) is -0.236. The third-order valence-corrected chi connectivity index (χ3v) is 5.52. The van der Waals surface area contributed by atoms with Crippen molar-refractivity contribution in [3.8, 4) is 0 Å². The Balaban J connectivity index is 1.83. The van der Waals surface area contributed by atoms with Crippen LogP contribution in [0.4, 0.5) is 4.79 Å². The van der Waals surface area contributed by atoms with Crippen LogP contribution < -0.4 is 0 Å². The number of benzene rings is 2. The number of rotatable bonds is 2. The number of amides is 3. The largest absolute Gasteiger partial charge is 0.331 e. The molecule has 5 heteroatoms. The maximum Gasteiger partial charge on any atom is 0.331 e. The van der Waals surface area contributed by atoms with Crippen LogP contribution in [0.2, 0.25) is 0 Å². The molecule has 0 spiro atoms. The minimum Gasteiger partial charge on any atom is -0.292 e. The van der Waals surface area contributed by atoms with E-state index in [2.05, 4.69) is 24.3 Å². The lowest BCUT2D eigenvalue weighted by molar-refractivity contribution is -0.122. The molecule has 0 bridgehead atoms. The molecule has 0 radical (unpaired) electrons. The highest BCUT2D eigenvalue weighted by molar-refractivity contribution is 7.25. The van der Waals surface area contributed by atoms with E-state index < -0.39 is 0 Å². The summed E-state index contributed by atoms with van der Waals surface area (Å²) in [7, 11) is 1.64. The molecule has 0 N–H and O–H groups in total. The molecule has 1 aliphatic heterocycles. The third-order valence-electron chi connectivity index (χ3n) is 4.36. The summed E-state index contributed by atoms with van der Waals surface area (Å²) in [5, 5.41) is 2.40. The van der Waals surface area contributed by atoms with Gasteiger partial charge in [0, 0.05) is 33.8 Å². The highest BCUT2D eigenvalue weighted by Crippen LogP contribution is 2.34. The smallest absolute Gasteiger partial charge is 0.292 e. The van der Waals surface area contributed by atoms with E-state index in [1.165, 1.54) is 30.0 Å². The van der Waals surface area contributed by atoms with Gasteiger partial charge in [0.2, 0.25) is 0 Å². The minimum absolute atomic E-state index is 0.236. The van der Waals surface area contributed by atoms with Gasteiger partial charge in [0.1, 0.15) is 5.70 Å². The average molecular weight is 336 g/mol. The predicted molar refractivity (Wildman–Crippen MR) is 97.9 cm³/mol. The van der Waals surface area contributed by atoms with Gasteiger partial charge in [0.15, 0.2) is 0 Å². The summed E-state index contributed by atoms with van der Waals surface area (Å²) in [6.07, 6.45) is 1.79. The first-order valence-corrected chi connectivity index (χ1v) is 8.64. The molecule has 4 rings (SSSR count). The van der Waals surface area contributed by atoms with Crippen molar-refractivity contribution in [3.63, 3.8) is 0 Å². The van der Waals surface area contributed by atoms with Crippen molar-refractivity contribution in [2.45, 2.75) is 6.92 Å². The quantitative estimate of drug-likeness (QED) is 0.517. The van der Waals surface area contributed by atoms with Crippen LogP contribution >= 0.6 is 11.3 Å². The minimum atomic E-state index is -0.268. The zero-order chi connectivity index (χ0) is 16.8. The van der Waals surface area contributed by atoms with Crippen LogP contribution in [-0.2, 0) is 4.79 Å². The summed E-state index contributed by atoms with van der Waals surface area (Å²) in [6, 6.07) is 14.2. The van der Waals surface area contributed by atoms with Gasteiger partial charge in [-0.25, -0.2) is 4.79 Å². The van der Waals surface area contributed by atoms with Gasteiger partial charge in [0.25, 0.3) is 5.91 Å². The molecule has 1 aliphatic rings. The van der Waals surface area contributed by atoms with Crippen LogP contribution in [0.3, 0.4) is 0 Å². The Labute approximate surface area is 143 Å². The van der Waals surface area contributed by atoms with Crippen LogP contribution in [0.25, 0.3) is 26.2 Å². The maximum absolute atomic E-state index is 12.4. The van der Waals surface area contributed by atoms with E-state index in [1.54, 1.807) is 31.4 Å². The highest BCUT2D eigenvalue weighted by atomic mass is 32.1. The summed E-state index contributed by atoms with van der Waals surface area (Å²) in [6.45, 7) is 2.18. The standard InChI is InChI=1S/C19H16N2O2S/c1-3-21-18(22)15(20(2)19(21)23)11-12-8-9-17-14(10-12)13-6-4-5-7-16(13)24-17/h4-11H,3H2,1-2H3. The Morgan fingerprint density at radius 1 is 1.04 bits per heavy atom. The summed E-state index contributed by atoms with van der Waals surface area (Å²) in [5.41, 5.74) is 1.34. The topological polar surface area (TPSA) is 40.6 Å². The first kappa shape index (κ1) is 14.9. The molecule has 4 nitrogen and oxygen atoms in total. The molecule has 3 aromatic rings. The molecule has 120 valence electrons. The van der Waals surface area contributed by atoms with E-state index in [9.17, 15) is 9.59 Å². The molecule has 0 atom stereocenters. The molecule has 3 amide bonds. The zero-order valence-electron chi connectivity index (χ0n) is 13.4. The van der Waals surface area contributed by atoms with Gasteiger partial charge in [-0.3, -0.25) is 14.6 Å². The molecule has 0 aliphatic carbocycles. The van der Waals surface area contributed by atoms with Gasteiger partial charge in [-0.05, 0) is 36.8 Å². The fourth-order valence-corrected chi connectivity index (χ4v) is 4.17. The van der Waals surface area contributed by atoms with E-state index in [0.717, 1.165) is 5.56 Å². The van der Waals surface area contributed by atoms with Gasteiger partial charge in [0.05, 0.1) is 0 Å². The van der Waals surface area contributed by atoms with Gasteiger partial charge in [-0.1, -0.05) is 24.3 Å². The lowest BCUT2D eigenvalue weighted by atomic mass is 10.1. The van der Waals surface area contributed by atoms with Crippen molar-refractivity contribution in [1.29, 1.82) is 0 Å². The number of urea groups is 1. The van der Waals surface area contributed by atoms with Gasteiger partial charge >= 0.3 is 6.03 Å². The normalized spacial score (nSPS) is 17.0. The Kier molecular flexibility index (Phi) is 3.39. The number of likely N-dealkylation sites (N-methyl/N-ethyl adjacent to an activating group) is 2. The van der Waals surface area contributed by atoms with Crippen molar-refractivity contribution in [2.24, 2.45) is 0 Å². The fourth-order valence-electron chi connectivity index (χ4n) is 3.08. The van der Waals surface area contributed by atoms with Crippen molar-refractivity contribution < 1.29 is 9.59 Å². The molecule has 1 fully saturated rings. The van der Waals surface area contributed by atoms with Gasteiger partial charge < -0.3 is 0 Å². The van der Waals surface area contributed by atoms with E-state index in [4.69, 9.17) is 0 Å². The Morgan fingerprint density at radius 3 is 2.54 bits per heavy atom. The monoisotopic (exact) mass is 336 g/mol. The highest BCUT2D eigenvalue weighted by Gasteiger charge is 2.37. The number of hydrogen-bond donors (Lipinski definition) is 0. The van der Waals surface area contributed by atoms with Crippen molar-refractivity contribution in [3.05, 3.63) is 53.7 Å². The number of nitrogens with zero attached hydrogens (tertiary/aromatic N) is 2. The van der Waals surface area contributed by atoms with Crippen molar-refractivity contribution in [1.82, 2.24) is 9.80 Å². The van der Waals surface area contributed by atoms with E-state index in [-0.39, 0.29) is 11.9 Å². The molecule has 1 saturated heterocycles. The number of thiophene rings is 1. The summed E-state index contributed by atoms with van der Waals surface area (Å²) >= 11 is 1.76. The first-order valence-electron chi connectivity index (χ1n) is 7.82. The molecule has 2 heterocycles. The second-order valence-electron chi connectivity index (χ2n) is 5.77. The molecular formula is C19H16N2O2S. The van der Waals surface area contributed by atoms with E-state index in [1.807, 2.05) is 18.2 Å². The number of fused-ring (bicyclic) bond motifs is 3. The van der Waals surface area contributed by atoms with Crippen LogP contribution in [0.5, 0.6) is 0 Å². The van der Waals surface area contributed by atoms with Gasteiger partial charge in [-0.15, -0.1) is 11.3 Å². The summed E-state index contributed by atoms with van der Waals surface area (Å²) < 4.78 is 2.47. The first-order chi connectivity index (χ1) is 11.6. The third kappa shape index (κ3) is 2.12. The Morgan fingerprint density at radius 2 is 1.79 bits per heavy atom. The lowest BCUT2D eigenvalue weighted by Crippen LogP contribution is -2.31. The number of imide groups is 1. The Bertz CT molecular complexity index is 1020. The van der Waals surface area contributed by atoms with Crippen LogP contribution in [0, 0.1) is 0 Å².